The Morgan fingerprint density at radius 2 is 1.81 bits per heavy atom. The fourth-order valence-electron chi connectivity index (χ4n) is 2.67. The first-order valence-corrected chi connectivity index (χ1v) is 7.44. The summed E-state index contributed by atoms with van der Waals surface area (Å²) in [6, 6.07) is 6.99. The number of rotatable bonds is 6. The molecule has 0 bridgehead atoms. The van der Waals surface area contributed by atoms with Crippen molar-refractivity contribution in [2.45, 2.75) is 33.1 Å². The first-order valence-electron chi connectivity index (χ1n) is 7.44. The largest absolute Gasteiger partial charge is 0.274 e. The second kappa shape index (κ2) is 6.55. The lowest BCUT2D eigenvalue weighted by Crippen LogP contribution is -2.34. The van der Waals surface area contributed by atoms with Crippen LogP contribution < -0.4 is 0 Å². The number of amides is 2. The third-order valence-corrected chi connectivity index (χ3v) is 3.96. The van der Waals surface area contributed by atoms with Gasteiger partial charge in [-0.15, -0.1) is 5.73 Å². The van der Waals surface area contributed by atoms with Crippen LogP contribution in [0.3, 0.4) is 0 Å². The summed E-state index contributed by atoms with van der Waals surface area (Å²) in [4.78, 5) is 26.0. The molecule has 1 aliphatic rings. The van der Waals surface area contributed by atoms with Gasteiger partial charge >= 0.3 is 0 Å². The average Bonchev–Trinajstić information content (AvgIpc) is 2.74. The molecule has 1 atom stereocenters. The van der Waals surface area contributed by atoms with E-state index < -0.39 is 0 Å². The summed E-state index contributed by atoms with van der Waals surface area (Å²) in [7, 11) is 0. The Bertz CT molecular complexity index is 576. The molecule has 110 valence electrons. The van der Waals surface area contributed by atoms with E-state index in [-0.39, 0.29) is 17.7 Å². The number of imide groups is 1. The first kappa shape index (κ1) is 15.3. The summed E-state index contributed by atoms with van der Waals surface area (Å²) in [5, 5.41) is 0. The number of hydrogen-bond acceptors (Lipinski definition) is 2. The van der Waals surface area contributed by atoms with Crippen molar-refractivity contribution in [1.82, 2.24) is 4.90 Å². The Balaban J connectivity index is 2.13. The van der Waals surface area contributed by atoms with Gasteiger partial charge in [-0.1, -0.05) is 39.0 Å². The van der Waals surface area contributed by atoms with Gasteiger partial charge in [0.15, 0.2) is 0 Å². The van der Waals surface area contributed by atoms with E-state index in [0.29, 0.717) is 17.7 Å². The number of benzene rings is 1. The Morgan fingerprint density at radius 1 is 1.24 bits per heavy atom. The van der Waals surface area contributed by atoms with E-state index in [2.05, 4.69) is 19.2 Å². The molecule has 3 nitrogen and oxygen atoms in total. The fraction of sp³-hybridized carbons (Fsp3) is 0.389. The molecule has 3 heteroatoms. The molecule has 2 amide bonds. The molecule has 1 aromatic rings. The highest BCUT2D eigenvalue weighted by molar-refractivity contribution is 6.21. The van der Waals surface area contributed by atoms with Crippen LogP contribution in [0, 0.1) is 5.92 Å². The maximum Gasteiger partial charge on any atom is 0.261 e. The molecule has 0 radical (unpaired) electrons. The Hall–Kier alpha value is -2.12. The highest BCUT2D eigenvalue weighted by Gasteiger charge is 2.35. The molecule has 0 saturated heterocycles. The van der Waals surface area contributed by atoms with Gasteiger partial charge in [0.2, 0.25) is 0 Å². The lowest BCUT2D eigenvalue weighted by Gasteiger charge is -2.20. The van der Waals surface area contributed by atoms with E-state index in [0.717, 1.165) is 24.8 Å². The second-order valence-electron chi connectivity index (χ2n) is 5.47. The van der Waals surface area contributed by atoms with E-state index in [4.69, 9.17) is 0 Å². The molecule has 0 fully saturated rings. The van der Waals surface area contributed by atoms with E-state index in [1.54, 1.807) is 24.3 Å². The van der Waals surface area contributed by atoms with Crippen LogP contribution in [-0.2, 0) is 0 Å². The Kier molecular flexibility index (Phi) is 4.77. The minimum absolute atomic E-state index is 0.0938. The quantitative estimate of drug-likeness (QED) is 0.588. The molecule has 1 aliphatic heterocycles. The normalized spacial score (nSPS) is 14.9. The van der Waals surface area contributed by atoms with Gasteiger partial charge in [-0.3, -0.25) is 14.5 Å². The van der Waals surface area contributed by atoms with Gasteiger partial charge in [-0.25, -0.2) is 0 Å². The maximum absolute atomic E-state index is 12.3. The van der Waals surface area contributed by atoms with Crippen molar-refractivity contribution in [3.05, 3.63) is 53.3 Å². The molecular formula is C18H21NO2. The summed E-state index contributed by atoms with van der Waals surface area (Å²) in [5.74, 6) is -0.293. The molecule has 0 N–H and O–H groups in total. The minimum atomic E-state index is -0.193. The maximum atomic E-state index is 12.3. The van der Waals surface area contributed by atoms with Crippen LogP contribution in [-0.4, -0.2) is 23.3 Å². The molecule has 0 aromatic heterocycles. The SMILES string of the molecule is C=C=C(CCCC)C(C)CN1C(=O)c2ccccc2C1=O. The summed E-state index contributed by atoms with van der Waals surface area (Å²) in [6.45, 7) is 8.29. The Labute approximate surface area is 126 Å². The number of unbranched alkanes of at least 4 members (excludes halogenated alkanes) is 1. The van der Waals surface area contributed by atoms with Gasteiger partial charge in [0.1, 0.15) is 0 Å². The minimum Gasteiger partial charge on any atom is -0.274 e. The van der Waals surface area contributed by atoms with Crippen molar-refractivity contribution >= 4 is 11.8 Å². The summed E-state index contributed by atoms with van der Waals surface area (Å²) < 4.78 is 0. The van der Waals surface area contributed by atoms with Gasteiger partial charge in [-0.2, -0.15) is 0 Å². The van der Waals surface area contributed by atoms with Gasteiger partial charge < -0.3 is 0 Å². The van der Waals surface area contributed by atoms with Gasteiger partial charge in [0.25, 0.3) is 11.8 Å². The molecule has 0 spiro atoms. The zero-order valence-corrected chi connectivity index (χ0v) is 12.7. The van der Waals surface area contributed by atoms with Crippen LogP contribution in [0.5, 0.6) is 0 Å². The number of hydrogen-bond donors (Lipinski definition) is 0. The zero-order valence-electron chi connectivity index (χ0n) is 12.7. The van der Waals surface area contributed by atoms with E-state index in [1.165, 1.54) is 4.90 Å². The summed E-state index contributed by atoms with van der Waals surface area (Å²) >= 11 is 0. The third kappa shape index (κ3) is 2.98. The van der Waals surface area contributed by atoms with Crippen LogP contribution in [0.25, 0.3) is 0 Å². The topological polar surface area (TPSA) is 37.4 Å². The second-order valence-corrected chi connectivity index (χ2v) is 5.47. The van der Waals surface area contributed by atoms with E-state index in [9.17, 15) is 9.59 Å². The van der Waals surface area contributed by atoms with Crippen LogP contribution >= 0.6 is 0 Å². The zero-order chi connectivity index (χ0) is 15.4. The molecule has 1 heterocycles. The van der Waals surface area contributed by atoms with Crippen LogP contribution in [0.1, 0.15) is 53.8 Å². The van der Waals surface area contributed by atoms with Crippen LogP contribution in [0.15, 0.2) is 42.1 Å². The van der Waals surface area contributed by atoms with Crippen LogP contribution in [0.4, 0.5) is 0 Å². The number of fused-ring (bicyclic) bond motifs is 1. The van der Waals surface area contributed by atoms with Gasteiger partial charge in [0, 0.05) is 12.5 Å². The van der Waals surface area contributed by atoms with Crippen molar-refractivity contribution < 1.29 is 9.59 Å². The molecule has 0 saturated carbocycles. The lowest BCUT2D eigenvalue weighted by molar-refractivity contribution is 0.0639. The predicted octanol–water partition coefficient (Wildman–Crippen LogP) is 3.82. The van der Waals surface area contributed by atoms with Crippen molar-refractivity contribution in [3.8, 4) is 0 Å². The van der Waals surface area contributed by atoms with Gasteiger partial charge in [0.05, 0.1) is 11.1 Å². The van der Waals surface area contributed by atoms with Crippen molar-refractivity contribution in [2.75, 3.05) is 6.54 Å². The molecule has 0 aliphatic carbocycles. The van der Waals surface area contributed by atoms with Crippen molar-refractivity contribution in [3.63, 3.8) is 0 Å². The number of carbonyl (C=O) groups is 2. The number of nitrogens with zero attached hydrogens (tertiary/aromatic N) is 1. The highest BCUT2D eigenvalue weighted by Crippen LogP contribution is 2.25. The summed E-state index contributed by atoms with van der Waals surface area (Å²) in [6.07, 6.45) is 3.10. The monoisotopic (exact) mass is 283 g/mol. The van der Waals surface area contributed by atoms with Gasteiger partial charge in [-0.05, 0) is 30.5 Å². The van der Waals surface area contributed by atoms with Crippen LogP contribution in [0.2, 0.25) is 0 Å². The van der Waals surface area contributed by atoms with E-state index >= 15 is 0 Å². The predicted molar refractivity (Wildman–Crippen MR) is 83.2 cm³/mol. The molecule has 21 heavy (non-hydrogen) atoms. The third-order valence-electron chi connectivity index (χ3n) is 3.96. The molecule has 1 aromatic carbocycles. The Morgan fingerprint density at radius 3 is 2.29 bits per heavy atom. The van der Waals surface area contributed by atoms with E-state index in [1.807, 2.05) is 6.92 Å². The molecule has 2 rings (SSSR count). The standard InChI is InChI=1S/C18H21NO2/c1-4-6-9-14(5-2)13(3)12-19-17(20)15-10-7-8-11-16(15)18(19)21/h7-8,10-11,13H,2,4,6,9,12H2,1,3H3. The lowest BCUT2D eigenvalue weighted by atomic mass is 9.96. The highest BCUT2D eigenvalue weighted by atomic mass is 16.2. The van der Waals surface area contributed by atoms with Crippen molar-refractivity contribution in [1.29, 1.82) is 0 Å². The smallest absolute Gasteiger partial charge is 0.261 e. The average molecular weight is 283 g/mol. The molecule has 1 unspecified atom stereocenters. The summed E-state index contributed by atoms with van der Waals surface area (Å²) in [5.41, 5.74) is 5.08. The molecular weight excluding hydrogens is 262 g/mol. The number of carbonyl (C=O) groups excluding carboxylic acids is 2. The first-order chi connectivity index (χ1) is 10.1. The van der Waals surface area contributed by atoms with Crippen molar-refractivity contribution in [2.24, 2.45) is 5.92 Å². The fourth-order valence-corrected chi connectivity index (χ4v) is 2.67.